The Balaban J connectivity index is 1.78. The van der Waals surface area contributed by atoms with Crippen LogP contribution in [0.3, 0.4) is 0 Å². The van der Waals surface area contributed by atoms with Gasteiger partial charge in [0.2, 0.25) is 5.91 Å². The number of hydrogen-bond donors (Lipinski definition) is 1. The summed E-state index contributed by atoms with van der Waals surface area (Å²) < 4.78 is 18.5. The summed E-state index contributed by atoms with van der Waals surface area (Å²) in [5.41, 5.74) is 1.56. The Morgan fingerprint density at radius 2 is 1.86 bits per heavy atom. The molecule has 0 aliphatic carbocycles. The number of rotatable bonds is 6. The zero-order valence-corrected chi connectivity index (χ0v) is 11.9. The molecular weight excluding hydrogens is 269 g/mol. The van der Waals surface area contributed by atoms with Crippen molar-refractivity contribution in [2.45, 2.75) is 19.4 Å². The first-order valence-corrected chi connectivity index (χ1v) is 6.82. The standard InChI is InChI=1S/C17H18FNO2/c1-21-15-9-6-13(7-10-15)12-19-17(20)11-8-14-4-2-3-5-16(14)18/h2-7,9-10H,8,11-12H2,1H3,(H,19,20). The number of halogens is 1. The number of amides is 1. The molecule has 0 aliphatic rings. The summed E-state index contributed by atoms with van der Waals surface area (Å²) in [4.78, 5) is 11.8. The van der Waals surface area contributed by atoms with Gasteiger partial charge < -0.3 is 10.1 Å². The van der Waals surface area contributed by atoms with Gasteiger partial charge >= 0.3 is 0 Å². The van der Waals surface area contributed by atoms with Crippen molar-refractivity contribution in [2.75, 3.05) is 7.11 Å². The van der Waals surface area contributed by atoms with Crippen molar-refractivity contribution in [3.63, 3.8) is 0 Å². The molecule has 0 radical (unpaired) electrons. The molecule has 0 saturated heterocycles. The van der Waals surface area contributed by atoms with E-state index in [-0.39, 0.29) is 18.1 Å². The lowest BCUT2D eigenvalue weighted by Crippen LogP contribution is -2.23. The van der Waals surface area contributed by atoms with E-state index < -0.39 is 0 Å². The van der Waals surface area contributed by atoms with E-state index in [1.165, 1.54) is 6.07 Å². The second kappa shape index (κ2) is 7.43. The Labute approximate surface area is 123 Å². The molecule has 2 rings (SSSR count). The van der Waals surface area contributed by atoms with Gasteiger partial charge in [-0.3, -0.25) is 4.79 Å². The average Bonchev–Trinajstić information content (AvgIpc) is 2.52. The van der Waals surface area contributed by atoms with Crippen molar-refractivity contribution in [3.05, 3.63) is 65.5 Å². The molecule has 1 amide bonds. The summed E-state index contributed by atoms with van der Waals surface area (Å²) in [5.74, 6) is 0.430. The van der Waals surface area contributed by atoms with Crippen LogP contribution in [0.4, 0.5) is 4.39 Å². The fourth-order valence-corrected chi connectivity index (χ4v) is 1.98. The van der Waals surface area contributed by atoms with Crippen molar-refractivity contribution in [1.82, 2.24) is 5.32 Å². The third kappa shape index (κ3) is 4.60. The van der Waals surface area contributed by atoms with Gasteiger partial charge in [-0.25, -0.2) is 4.39 Å². The number of hydrogen-bond acceptors (Lipinski definition) is 2. The highest BCUT2D eigenvalue weighted by molar-refractivity contribution is 5.76. The molecule has 0 bridgehead atoms. The Hall–Kier alpha value is -2.36. The van der Waals surface area contributed by atoms with Crippen LogP contribution >= 0.6 is 0 Å². The molecule has 0 fully saturated rings. The highest BCUT2D eigenvalue weighted by atomic mass is 19.1. The predicted octanol–water partition coefficient (Wildman–Crippen LogP) is 3.08. The molecule has 3 nitrogen and oxygen atoms in total. The number of ether oxygens (including phenoxy) is 1. The lowest BCUT2D eigenvalue weighted by molar-refractivity contribution is -0.121. The van der Waals surface area contributed by atoms with Gasteiger partial charge in [-0.2, -0.15) is 0 Å². The largest absolute Gasteiger partial charge is 0.497 e. The summed E-state index contributed by atoms with van der Waals surface area (Å²) in [7, 11) is 1.61. The topological polar surface area (TPSA) is 38.3 Å². The van der Waals surface area contributed by atoms with E-state index in [0.717, 1.165) is 11.3 Å². The molecule has 0 heterocycles. The van der Waals surface area contributed by atoms with Crippen molar-refractivity contribution in [3.8, 4) is 5.75 Å². The van der Waals surface area contributed by atoms with E-state index >= 15 is 0 Å². The number of carbonyl (C=O) groups is 1. The van der Waals surface area contributed by atoms with E-state index in [1.54, 1.807) is 25.3 Å². The highest BCUT2D eigenvalue weighted by Crippen LogP contribution is 2.11. The minimum atomic E-state index is -0.263. The minimum absolute atomic E-state index is 0.0888. The summed E-state index contributed by atoms with van der Waals surface area (Å²) in [6.07, 6.45) is 0.679. The molecule has 0 atom stereocenters. The van der Waals surface area contributed by atoms with Crippen molar-refractivity contribution in [1.29, 1.82) is 0 Å². The quantitative estimate of drug-likeness (QED) is 0.886. The molecular formula is C17H18FNO2. The molecule has 110 valence electrons. The maximum absolute atomic E-state index is 13.4. The van der Waals surface area contributed by atoms with Crippen LogP contribution < -0.4 is 10.1 Å². The van der Waals surface area contributed by atoms with Crippen LogP contribution in [0, 0.1) is 5.82 Å². The van der Waals surface area contributed by atoms with E-state index in [9.17, 15) is 9.18 Å². The zero-order valence-electron chi connectivity index (χ0n) is 11.9. The summed E-state index contributed by atoms with van der Waals surface area (Å²) >= 11 is 0. The first-order valence-electron chi connectivity index (χ1n) is 6.82. The SMILES string of the molecule is COc1ccc(CNC(=O)CCc2ccccc2F)cc1. The molecule has 2 aromatic rings. The fourth-order valence-electron chi connectivity index (χ4n) is 1.98. The van der Waals surface area contributed by atoms with Gasteiger partial charge in [-0.05, 0) is 35.7 Å². The van der Waals surface area contributed by atoms with E-state index in [0.29, 0.717) is 18.5 Å². The molecule has 0 spiro atoms. The second-order valence-corrected chi connectivity index (χ2v) is 4.72. The highest BCUT2D eigenvalue weighted by Gasteiger charge is 2.05. The fraction of sp³-hybridized carbons (Fsp3) is 0.235. The lowest BCUT2D eigenvalue weighted by Gasteiger charge is -2.07. The van der Waals surface area contributed by atoms with Gasteiger partial charge in [0, 0.05) is 13.0 Å². The van der Waals surface area contributed by atoms with Gasteiger partial charge in [0.25, 0.3) is 0 Å². The molecule has 0 aliphatic heterocycles. The van der Waals surface area contributed by atoms with Crippen molar-refractivity contribution >= 4 is 5.91 Å². The van der Waals surface area contributed by atoms with Gasteiger partial charge in [-0.15, -0.1) is 0 Å². The van der Waals surface area contributed by atoms with Gasteiger partial charge in [0.05, 0.1) is 7.11 Å². The van der Waals surface area contributed by atoms with Crippen LogP contribution in [0.15, 0.2) is 48.5 Å². The first kappa shape index (κ1) is 15.0. The average molecular weight is 287 g/mol. The summed E-state index contributed by atoms with van der Waals surface area (Å²) in [6, 6.07) is 14.0. The van der Waals surface area contributed by atoms with Gasteiger partial charge in [0.15, 0.2) is 0 Å². The Bertz CT molecular complexity index is 596. The molecule has 0 unspecified atom stereocenters. The summed E-state index contributed by atoms with van der Waals surface area (Å²) in [6.45, 7) is 0.458. The maximum Gasteiger partial charge on any atom is 0.220 e. The number of carbonyl (C=O) groups excluding carboxylic acids is 1. The normalized spacial score (nSPS) is 10.2. The molecule has 0 aromatic heterocycles. The van der Waals surface area contributed by atoms with Gasteiger partial charge in [0.1, 0.15) is 11.6 Å². The van der Waals surface area contributed by atoms with Crippen LogP contribution in [-0.4, -0.2) is 13.0 Å². The van der Waals surface area contributed by atoms with E-state index in [1.807, 2.05) is 24.3 Å². The van der Waals surface area contributed by atoms with Gasteiger partial charge in [-0.1, -0.05) is 30.3 Å². The Kier molecular flexibility index (Phi) is 5.32. The molecule has 0 saturated carbocycles. The van der Waals surface area contributed by atoms with Crippen LogP contribution in [0.5, 0.6) is 5.75 Å². The van der Waals surface area contributed by atoms with E-state index in [2.05, 4.69) is 5.32 Å². The third-order valence-corrected chi connectivity index (χ3v) is 3.23. The predicted molar refractivity (Wildman–Crippen MR) is 79.6 cm³/mol. The van der Waals surface area contributed by atoms with E-state index in [4.69, 9.17) is 4.74 Å². The molecule has 1 N–H and O–H groups in total. The third-order valence-electron chi connectivity index (χ3n) is 3.23. The van der Waals surface area contributed by atoms with Crippen LogP contribution in [0.1, 0.15) is 17.5 Å². The monoisotopic (exact) mass is 287 g/mol. The smallest absolute Gasteiger partial charge is 0.220 e. The molecule has 21 heavy (non-hydrogen) atoms. The maximum atomic E-state index is 13.4. The van der Waals surface area contributed by atoms with Crippen molar-refractivity contribution < 1.29 is 13.9 Å². The zero-order chi connectivity index (χ0) is 15.1. The molecule has 4 heteroatoms. The number of nitrogens with one attached hydrogen (secondary N) is 1. The van der Waals surface area contributed by atoms with Crippen molar-refractivity contribution in [2.24, 2.45) is 0 Å². The van der Waals surface area contributed by atoms with Crippen LogP contribution in [0.2, 0.25) is 0 Å². The molecule has 2 aromatic carbocycles. The van der Waals surface area contributed by atoms with Crippen LogP contribution in [0.25, 0.3) is 0 Å². The second-order valence-electron chi connectivity index (χ2n) is 4.72. The number of methoxy groups -OCH3 is 1. The van der Waals surface area contributed by atoms with Crippen LogP contribution in [-0.2, 0) is 17.8 Å². The Morgan fingerprint density at radius 3 is 2.52 bits per heavy atom. The number of benzene rings is 2. The lowest BCUT2D eigenvalue weighted by atomic mass is 10.1. The first-order chi connectivity index (χ1) is 10.2. The Morgan fingerprint density at radius 1 is 1.14 bits per heavy atom. The number of aryl methyl sites for hydroxylation is 1. The minimum Gasteiger partial charge on any atom is -0.497 e. The summed E-state index contributed by atoms with van der Waals surface area (Å²) in [5, 5.41) is 2.82.